The Kier molecular flexibility index (Phi) is 3.94. The number of hydrogen-bond acceptors (Lipinski definition) is 3. The van der Waals surface area contributed by atoms with Gasteiger partial charge in [-0.15, -0.1) is 0 Å². The summed E-state index contributed by atoms with van der Waals surface area (Å²) in [6.45, 7) is 0. The molecule has 0 aliphatic rings. The zero-order chi connectivity index (χ0) is 13.2. The van der Waals surface area contributed by atoms with E-state index < -0.39 is 23.8 Å². The molecule has 0 saturated heterocycles. The van der Waals surface area contributed by atoms with Crippen LogP contribution in [0.25, 0.3) is 0 Å². The maximum absolute atomic E-state index is 12.4. The van der Waals surface area contributed by atoms with Crippen LogP contribution in [0.3, 0.4) is 0 Å². The summed E-state index contributed by atoms with van der Waals surface area (Å²) in [6.07, 6.45) is -4.29. The molecule has 0 saturated carbocycles. The van der Waals surface area contributed by atoms with Gasteiger partial charge in [0.05, 0.1) is 5.56 Å². The zero-order valence-corrected chi connectivity index (χ0v) is 9.09. The van der Waals surface area contributed by atoms with Crippen molar-refractivity contribution in [1.82, 2.24) is 4.98 Å². The molecule has 0 amide bonds. The molecule has 0 aliphatic heterocycles. The molecule has 0 radical (unpaired) electrons. The summed E-state index contributed by atoms with van der Waals surface area (Å²) in [6, 6.07) is -0.573. The predicted octanol–water partition coefficient (Wildman–Crippen LogP) is 1.71. The summed E-state index contributed by atoms with van der Waals surface area (Å²) in [5.74, 6) is -1.32. The van der Waals surface area contributed by atoms with E-state index in [0.717, 1.165) is 6.07 Å². The highest BCUT2D eigenvalue weighted by Gasteiger charge is 2.31. The minimum absolute atomic E-state index is 0.0450. The minimum Gasteiger partial charge on any atom is -0.480 e. The second kappa shape index (κ2) is 4.89. The molecule has 0 aromatic carbocycles. The van der Waals surface area contributed by atoms with Crippen molar-refractivity contribution >= 4 is 17.6 Å². The Morgan fingerprint density at radius 2 is 2.18 bits per heavy atom. The molecule has 8 heteroatoms. The van der Waals surface area contributed by atoms with Crippen LogP contribution in [0.1, 0.15) is 11.1 Å². The van der Waals surface area contributed by atoms with E-state index in [0.29, 0.717) is 6.20 Å². The van der Waals surface area contributed by atoms with Crippen LogP contribution in [-0.4, -0.2) is 22.1 Å². The Bertz CT molecular complexity index is 437. The van der Waals surface area contributed by atoms with E-state index >= 15 is 0 Å². The third kappa shape index (κ3) is 3.57. The van der Waals surface area contributed by atoms with E-state index in [-0.39, 0.29) is 17.1 Å². The lowest BCUT2D eigenvalue weighted by Crippen LogP contribution is -2.32. The van der Waals surface area contributed by atoms with Crippen LogP contribution < -0.4 is 5.73 Å². The number of carboxylic acids is 1. The monoisotopic (exact) mass is 268 g/mol. The van der Waals surface area contributed by atoms with Crippen LogP contribution in [0.4, 0.5) is 13.2 Å². The highest BCUT2D eigenvalue weighted by molar-refractivity contribution is 6.30. The first kappa shape index (κ1) is 13.7. The van der Waals surface area contributed by atoms with E-state index in [1.54, 1.807) is 0 Å². The second-order valence-electron chi connectivity index (χ2n) is 3.32. The van der Waals surface area contributed by atoms with Gasteiger partial charge in [0.1, 0.15) is 11.2 Å². The van der Waals surface area contributed by atoms with Crippen molar-refractivity contribution in [2.24, 2.45) is 5.73 Å². The summed E-state index contributed by atoms with van der Waals surface area (Å²) in [7, 11) is 0. The normalized spacial score (nSPS) is 13.5. The summed E-state index contributed by atoms with van der Waals surface area (Å²) in [4.78, 5) is 13.8. The Labute approximate surface area is 99.2 Å². The second-order valence-corrected chi connectivity index (χ2v) is 3.68. The summed E-state index contributed by atoms with van der Waals surface area (Å²) in [5, 5.41) is 8.37. The molecule has 17 heavy (non-hydrogen) atoms. The van der Waals surface area contributed by atoms with Gasteiger partial charge in [-0.3, -0.25) is 4.79 Å². The Morgan fingerprint density at radius 1 is 1.59 bits per heavy atom. The smallest absolute Gasteiger partial charge is 0.417 e. The van der Waals surface area contributed by atoms with Crippen LogP contribution in [0.2, 0.25) is 5.15 Å². The van der Waals surface area contributed by atoms with Crippen LogP contribution in [0.15, 0.2) is 12.3 Å². The molecule has 0 fully saturated rings. The largest absolute Gasteiger partial charge is 0.480 e. The molecule has 1 aromatic rings. The Balaban J connectivity index is 3.03. The van der Waals surface area contributed by atoms with Gasteiger partial charge in [-0.1, -0.05) is 11.6 Å². The number of hydrogen-bond donors (Lipinski definition) is 2. The fourth-order valence-electron chi connectivity index (χ4n) is 1.12. The van der Waals surface area contributed by atoms with Gasteiger partial charge in [0.15, 0.2) is 0 Å². The maximum atomic E-state index is 12.4. The lowest BCUT2D eigenvalue weighted by molar-refractivity contribution is -0.138. The molecule has 4 nitrogen and oxygen atoms in total. The summed E-state index contributed by atoms with van der Waals surface area (Å²) < 4.78 is 37.1. The minimum atomic E-state index is -4.56. The first-order valence-corrected chi connectivity index (χ1v) is 4.79. The quantitative estimate of drug-likeness (QED) is 0.818. The molecule has 0 bridgehead atoms. The van der Waals surface area contributed by atoms with Gasteiger partial charge >= 0.3 is 12.1 Å². The van der Waals surface area contributed by atoms with E-state index in [1.807, 2.05) is 0 Å². The first-order valence-electron chi connectivity index (χ1n) is 4.42. The number of pyridine rings is 1. The number of aromatic nitrogens is 1. The molecule has 1 atom stereocenters. The van der Waals surface area contributed by atoms with Crippen molar-refractivity contribution in [2.45, 2.75) is 18.6 Å². The molecule has 1 aromatic heterocycles. The van der Waals surface area contributed by atoms with E-state index in [2.05, 4.69) is 4.98 Å². The van der Waals surface area contributed by atoms with Crippen molar-refractivity contribution in [1.29, 1.82) is 0 Å². The van der Waals surface area contributed by atoms with Crippen molar-refractivity contribution in [3.8, 4) is 0 Å². The molecule has 94 valence electrons. The predicted molar refractivity (Wildman–Crippen MR) is 53.6 cm³/mol. The lowest BCUT2D eigenvalue weighted by Gasteiger charge is -2.11. The maximum Gasteiger partial charge on any atom is 0.417 e. The number of aliphatic carboxylic acids is 1. The number of nitrogens with two attached hydrogens (primary N) is 1. The van der Waals surface area contributed by atoms with Crippen LogP contribution >= 0.6 is 11.6 Å². The number of alkyl halides is 3. The molecule has 0 aliphatic carbocycles. The molecular weight excluding hydrogens is 261 g/mol. The SMILES string of the molecule is NC(Cc1cc(C(F)(F)F)cnc1Cl)C(=O)O. The summed E-state index contributed by atoms with van der Waals surface area (Å²) >= 11 is 5.57. The lowest BCUT2D eigenvalue weighted by atomic mass is 10.1. The number of halogens is 4. The van der Waals surface area contributed by atoms with Crippen molar-refractivity contribution < 1.29 is 23.1 Å². The van der Waals surface area contributed by atoms with Gasteiger partial charge in [-0.25, -0.2) is 4.98 Å². The van der Waals surface area contributed by atoms with E-state index in [9.17, 15) is 18.0 Å². The van der Waals surface area contributed by atoms with Gasteiger partial charge in [0.2, 0.25) is 0 Å². The van der Waals surface area contributed by atoms with Crippen molar-refractivity contribution in [3.63, 3.8) is 0 Å². The van der Waals surface area contributed by atoms with Gasteiger partial charge in [0, 0.05) is 12.6 Å². The molecule has 3 N–H and O–H groups in total. The number of nitrogens with zero attached hydrogens (tertiary/aromatic N) is 1. The van der Waals surface area contributed by atoms with Crippen LogP contribution in [0.5, 0.6) is 0 Å². The Hall–Kier alpha value is -1.34. The third-order valence-electron chi connectivity index (χ3n) is 2.00. The number of carbonyl (C=O) groups is 1. The van der Waals surface area contributed by atoms with Gasteiger partial charge in [-0.2, -0.15) is 13.2 Å². The topological polar surface area (TPSA) is 76.2 Å². The molecule has 1 heterocycles. The standard InChI is InChI=1S/C9H8ClF3N2O2/c10-7-4(2-6(14)8(16)17)1-5(3-15-7)9(11,12)13/h1,3,6H,2,14H2,(H,16,17). The molecule has 1 unspecified atom stereocenters. The average molecular weight is 269 g/mol. The Morgan fingerprint density at radius 3 is 2.65 bits per heavy atom. The molecule has 0 spiro atoms. The molecule has 1 rings (SSSR count). The van der Waals surface area contributed by atoms with Gasteiger partial charge < -0.3 is 10.8 Å². The molecular formula is C9H8ClF3N2O2. The highest BCUT2D eigenvalue weighted by atomic mass is 35.5. The number of carboxylic acid groups (broad SMARTS) is 1. The third-order valence-corrected chi connectivity index (χ3v) is 2.34. The fraction of sp³-hybridized carbons (Fsp3) is 0.333. The zero-order valence-electron chi connectivity index (χ0n) is 8.33. The average Bonchev–Trinajstić information content (AvgIpc) is 2.19. The highest BCUT2D eigenvalue weighted by Crippen LogP contribution is 2.30. The van der Waals surface area contributed by atoms with Gasteiger partial charge in [-0.05, 0) is 11.6 Å². The van der Waals surface area contributed by atoms with Crippen molar-refractivity contribution in [3.05, 3.63) is 28.5 Å². The summed E-state index contributed by atoms with van der Waals surface area (Å²) in [5.41, 5.74) is 4.17. The van der Waals surface area contributed by atoms with E-state index in [4.69, 9.17) is 22.4 Å². The fourth-order valence-corrected chi connectivity index (χ4v) is 1.30. The van der Waals surface area contributed by atoms with Crippen molar-refractivity contribution in [2.75, 3.05) is 0 Å². The first-order chi connectivity index (χ1) is 7.71. The van der Waals surface area contributed by atoms with Gasteiger partial charge in [0.25, 0.3) is 0 Å². The van der Waals surface area contributed by atoms with E-state index in [1.165, 1.54) is 0 Å². The van der Waals surface area contributed by atoms with Crippen LogP contribution in [0, 0.1) is 0 Å². The van der Waals surface area contributed by atoms with Crippen LogP contribution in [-0.2, 0) is 17.4 Å². The number of rotatable bonds is 3.